The van der Waals surface area contributed by atoms with Crippen LogP contribution >= 0.6 is 11.8 Å². The van der Waals surface area contributed by atoms with Crippen molar-refractivity contribution in [3.8, 4) is 11.3 Å². The third-order valence-corrected chi connectivity index (χ3v) is 5.64. The molecule has 5 nitrogen and oxygen atoms in total. The minimum absolute atomic E-state index is 0.122. The largest absolute Gasteiger partial charge is 0.325 e. The predicted molar refractivity (Wildman–Crippen MR) is 124 cm³/mol. The number of para-hydroxylation sites is 1. The first kappa shape index (κ1) is 21.8. The van der Waals surface area contributed by atoms with Gasteiger partial charge in [0.05, 0.1) is 11.4 Å². The van der Waals surface area contributed by atoms with Crippen LogP contribution in [0.25, 0.3) is 11.3 Å². The minimum atomic E-state index is -0.237. The molecule has 1 amide bonds. The Hall–Kier alpha value is -2.86. The number of nitrogens with one attached hydrogen (secondary N) is 2. The van der Waals surface area contributed by atoms with Gasteiger partial charge in [0, 0.05) is 17.3 Å². The van der Waals surface area contributed by atoms with E-state index in [2.05, 4.69) is 55.1 Å². The van der Waals surface area contributed by atoms with Gasteiger partial charge in [0.25, 0.3) is 5.56 Å². The Morgan fingerprint density at radius 3 is 2.23 bits per heavy atom. The molecule has 3 rings (SSSR count). The third-order valence-electron chi connectivity index (χ3n) is 4.77. The molecular formula is C24H27N3O2S. The van der Waals surface area contributed by atoms with Crippen molar-refractivity contribution in [2.75, 3.05) is 11.1 Å². The second kappa shape index (κ2) is 9.76. The SMILES string of the molecule is CC(C)c1cccc(C(C)C)c1NC(=O)CSc1nc(-c2ccccc2)cc(=O)[nH]1. The fourth-order valence-corrected chi connectivity index (χ4v) is 3.94. The minimum Gasteiger partial charge on any atom is -0.325 e. The summed E-state index contributed by atoms with van der Waals surface area (Å²) in [4.78, 5) is 32.0. The van der Waals surface area contributed by atoms with Gasteiger partial charge < -0.3 is 10.3 Å². The lowest BCUT2D eigenvalue weighted by atomic mass is 9.92. The Morgan fingerprint density at radius 2 is 1.63 bits per heavy atom. The monoisotopic (exact) mass is 421 g/mol. The van der Waals surface area contributed by atoms with E-state index in [0.29, 0.717) is 22.7 Å². The van der Waals surface area contributed by atoms with Crippen molar-refractivity contribution in [3.05, 3.63) is 76.1 Å². The van der Waals surface area contributed by atoms with Gasteiger partial charge in [-0.25, -0.2) is 4.98 Å². The summed E-state index contributed by atoms with van der Waals surface area (Å²) in [7, 11) is 0. The summed E-state index contributed by atoms with van der Waals surface area (Å²) in [6.45, 7) is 8.47. The molecule has 0 bridgehead atoms. The standard InChI is InChI=1S/C24H27N3O2S/c1-15(2)18-11-8-12-19(16(3)4)23(18)26-22(29)14-30-24-25-20(13-21(28)27-24)17-9-6-5-7-10-17/h5-13,15-16H,14H2,1-4H3,(H,26,29)(H,25,27,28). The lowest BCUT2D eigenvalue weighted by Crippen LogP contribution is -2.18. The van der Waals surface area contributed by atoms with E-state index in [1.807, 2.05) is 36.4 Å². The molecule has 3 aromatic rings. The summed E-state index contributed by atoms with van der Waals surface area (Å²) in [6, 6.07) is 17.1. The molecule has 0 radical (unpaired) electrons. The lowest BCUT2D eigenvalue weighted by molar-refractivity contribution is -0.113. The highest BCUT2D eigenvalue weighted by atomic mass is 32.2. The van der Waals surface area contributed by atoms with Gasteiger partial charge in [0.15, 0.2) is 5.16 Å². The van der Waals surface area contributed by atoms with E-state index in [4.69, 9.17) is 0 Å². The second-order valence-corrected chi connectivity index (χ2v) is 8.72. The molecule has 0 spiro atoms. The molecule has 0 aliphatic carbocycles. The number of nitrogens with zero attached hydrogens (tertiary/aromatic N) is 1. The molecule has 0 atom stereocenters. The molecule has 2 aromatic carbocycles. The Bertz CT molecular complexity index is 1050. The molecule has 0 aliphatic heterocycles. The topological polar surface area (TPSA) is 74.8 Å². The number of anilines is 1. The van der Waals surface area contributed by atoms with Gasteiger partial charge in [-0.2, -0.15) is 0 Å². The first-order valence-corrected chi connectivity index (χ1v) is 11.1. The van der Waals surface area contributed by atoms with Crippen LogP contribution in [0.2, 0.25) is 0 Å². The van der Waals surface area contributed by atoms with Crippen LogP contribution in [0.4, 0.5) is 5.69 Å². The molecule has 30 heavy (non-hydrogen) atoms. The van der Waals surface area contributed by atoms with Crippen molar-refractivity contribution in [1.29, 1.82) is 0 Å². The number of thioether (sulfide) groups is 1. The summed E-state index contributed by atoms with van der Waals surface area (Å²) in [5.41, 5.74) is 4.36. The van der Waals surface area contributed by atoms with Crippen LogP contribution < -0.4 is 10.9 Å². The number of aromatic nitrogens is 2. The molecule has 2 N–H and O–H groups in total. The lowest BCUT2D eigenvalue weighted by Gasteiger charge is -2.20. The second-order valence-electron chi connectivity index (χ2n) is 7.76. The molecule has 0 saturated heterocycles. The zero-order valence-electron chi connectivity index (χ0n) is 17.7. The van der Waals surface area contributed by atoms with Crippen LogP contribution in [-0.4, -0.2) is 21.6 Å². The molecule has 0 fully saturated rings. The Kier molecular flexibility index (Phi) is 7.11. The van der Waals surface area contributed by atoms with E-state index in [1.54, 1.807) is 0 Å². The van der Waals surface area contributed by atoms with E-state index in [-0.39, 0.29) is 17.2 Å². The zero-order valence-corrected chi connectivity index (χ0v) is 18.5. The van der Waals surface area contributed by atoms with Crippen molar-refractivity contribution in [3.63, 3.8) is 0 Å². The maximum absolute atomic E-state index is 12.7. The third kappa shape index (κ3) is 5.39. The van der Waals surface area contributed by atoms with Crippen molar-refractivity contribution >= 4 is 23.4 Å². The number of benzene rings is 2. The van der Waals surface area contributed by atoms with Crippen LogP contribution in [0.5, 0.6) is 0 Å². The van der Waals surface area contributed by atoms with Gasteiger partial charge in [-0.3, -0.25) is 9.59 Å². The van der Waals surface area contributed by atoms with Gasteiger partial charge in [-0.15, -0.1) is 0 Å². The Balaban J connectivity index is 1.76. The number of amides is 1. The smallest absolute Gasteiger partial charge is 0.252 e. The van der Waals surface area contributed by atoms with Crippen molar-refractivity contribution in [1.82, 2.24) is 9.97 Å². The molecule has 156 valence electrons. The molecule has 1 aromatic heterocycles. The van der Waals surface area contributed by atoms with Crippen LogP contribution in [-0.2, 0) is 4.79 Å². The maximum atomic E-state index is 12.7. The Labute approximate surface area is 181 Å². The predicted octanol–water partition coefficient (Wildman–Crippen LogP) is 5.41. The number of hydrogen-bond donors (Lipinski definition) is 2. The highest BCUT2D eigenvalue weighted by Crippen LogP contribution is 2.32. The summed E-state index contributed by atoms with van der Waals surface area (Å²) >= 11 is 1.22. The van der Waals surface area contributed by atoms with E-state index in [1.165, 1.54) is 17.8 Å². The first-order chi connectivity index (χ1) is 14.3. The average molecular weight is 422 g/mol. The van der Waals surface area contributed by atoms with Crippen LogP contribution in [0.15, 0.2) is 64.5 Å². The normalized spacial score (nSPS) is 11.1. The van der Waals surface area contributed by atoms with E-state index in [9.17, 15) is 9.59 Å². The van der Waals surface area contributed by atoms with Crippen molar-refractivity contribution in [2.24, 2.45) is 0 Å². The van der Waals surface area contributed by atoms with Gasteiger partial charge in [0.2, 0.25) is 5.91 Å². The fraction of sp³-hybridized carbons (Fsp3) is 0.292. The summed E-state index contributed by atoms with van der Waals surface area (Å²) in [5, 5.41) is 3.52. The van der Waals surface area contributed by atoms with Gasteiger partial charge >= 0.3 is 0 Å². The van der Waals surface area contributed by atoms with E-state index in [0.717, 1.165) is 22.4 Å². The number of carbonyl (C=O) groups is 1. The van der Waals surface area contributed by atoms with Crippen LogP contribution in [0, 0.1) is 0 Å². The number of aromatic amines is 1. The Morgan fingerprint density at radius 1 is 1.00 bits per heavy atom. The number of rotatable bonds is 7. The van der Waals surface area contributed by atoms with Gasteiger partial charge in [-0.1, -0.05) is 88.0 Å². The summed E-state index contributed by atoms with van der Waals surface area (Å²) in [6.07, 6.45) is 0. The van der Waals surface area contributed by atoms with Gasteiger partial charge in [0.1, 0.15) is 0 Å². The maximum Gasteiger partial charge on any atom is 0.252 e. The number of hydrogen-bond acceptors (Lipinski definition) is 4. The highest BCUT2D eigenvalue weighted by Gasteiger charge is 2.16. The molecule has 6 heteroatoms. The van der Waals surface area contributed by atoms with Crippen LogP contribution in [0.1, 0.15) is 50.7 Å². The quantitative estimate of drug-likeness (QED) is 0.395. The van der Waals surface area contributed by atoms with E-state index >= 15 is 0 Å². The summed E-state index contributed by atoms with van der Waals surface area (Å²) < 4.78 is 0. The molecule has 0 unspecified atom stereocenters. The van der Waals surface area contributed by atoms with Crippen molar-refractivity contribution in [2.45, 2.75) is 44.7 Å². The molecule has 0 saturated carbocycles. The van der Waals surface area contributed by atoms with Gasteiger partial charge in [-0.05, 0) is 23.0 Å². The highest BCUT2D eigenvalue weighted by molar-refractivity contribution is 7.99. The number of H-pyrrole nitrogens is 1. The molecule has 0 aliphatic rings. The molecule has 1 heterocycles. The summed E-state index contributed by atoms with van der Waals surface area (Å²) in [5.74, 6) is 0.632. The van der Waals surface area contributed by atoms with Crippen molar-refractivity contribution < 1.29 is 4.79 Å². The fourth-order valence-electron chi connectivity index (χ4n) is 3.27. The van der Waals surface area contributed by atoms with E-state index < -0.39 is 0 Å². The molecular weight excluding hydrogens is 394 g/mol. The average Bonchev–Trinajstić information content (AvgIpc) is 2.72. The van der Waals surface area contributed by atoms with Crippen LogP contribution in [0.3, 0.4) is 0 Å². The zero-order chi connectivity index (χ0) is 21.7. The number of carbonyl (C=O) groups excluding carboxylic acids is 1. The first-order valence-electron chi connectivity index (χ1n) is 10.1.